The van der Waals surface area contributed by atoms with Gasteiger partial charge in [0, 0.05) is 0 Å². The molecule has 5 heteroatoms. The smallest absolute Gasteiger partial charge is 0.893 e. The Hall–Kier alpha value is 4.09. The fourth-order valence-corrected chi connectivity index (χ4v) is 1.80. The molecule has 0 atom stereocenters. The van der Waals surface area contributed by atoms with Gasteiger partial charge in [0.05, 0.1) is 0 Å². The normalized spacial score (nSPS) is 9.35. The van der Waals surface area contributed by atoms with Crippen LogP contribution in [0.4, 0.5) is 0 Å². The van der Waals surface area contributed by atoms with E-state index in [1.807, 2.05) is 0 Å². The maximum atomic E-state index is 10.2. The predicted octanol–water partition coefficient (Wildman–Crippen LogP) is -3.88. The quantitative estimate of drug-likeness (QED) is 0.226. The van der Waals surface area contributed by atoms with Crippen molar-refractivity contribution in [2.75, 3.05) is 0 Å². The zero-order valence-corrected chi connectivity index (χ0v) is 24.7. The first kappa shape index (κ1) is 26.0. The van der Waals surface area contributed by atoms with Gasteiger partial charge >= 0.3 is 138 Å². The molecule has 0 heterocycles. The van der Waals surface area contributed by atoms with E-state index in [0.29, 0.717) is 6.32 Å². The van der Waals surface area contributed by atoms with Crippen LogP contribution < -0.4 is 148 Å². The van der Waals surface area contributed by atoms with Crippen LogP contribution in [0.5, 0.6) is 0 Å². The van der Waals surface area contributed by atoms with Crippen LogP contribution in [-0.4, -0.2) is 7.12 Å². The van der Waals surface area contributed by atoms with E-state index in [2.05, 4.69) is 6.92 Å². The zero-order chi connectivity index (χ0) is 11.4. The molecule has 0 N–H and O–H groups in total. The minimum Gasteiger partial charge on any atom is -0.893 e. The molecule has 0 unspecified atom stereocenters. The van der Waals surface area contributed by atoms with Gasteiger partial charge in [0.25, 0.3) is 0 Å². The summed E-state index contributed by atoms with van der Waals surface area (Å²) in [6, 6.07) is 0. The largest absolute Gasteiger partial charge is 1.00 e. The van der Waals surface area contributed by atoms with E-state index in [-0.39, 0.29) is 138 Å². The minimum absolute atomic E-state index is 0. The van der Waals surface area contributed by atoms with Gasteiger partial charge in [0.2, 0.25) is 0 Å². The van der Waals surface area contributed by atoms with Crippen molar-refractivity contribution in [1.82, 2.24) is 0 Å². The Balaban J connectivity index is -0.000000980. The first-order valence-electron chi connectivity index (χ1n) is 6.59. The van der Waals surface area contributed by atoms with Crippen molar-refractivity contribution in [2.45, 2.75) is 77.5 Å². The molecule has 0 aromatic carbocycles. The van der Waals surface area contributed by atoms with Crippen molar-refractivity contribution in [3.05, 3.63) is 0 Å². The van der Waals surface area contributed by atoms with Gasteiger partial charge in [-0.2, -0.15) is 0 Å². The first-order valence-corrected chi connectivity index (χ1v) is 6.59. The third kappa shape index (κ3) is 25.4. The fourth-order valence-electron chi connectivity index (χ4n) is 1.80. The summed E-state index contributed by atoms with van der Waals surface area (Å²) in [5.74, 6) is 0. The molecule has 0 fully saturated rings. The fraction of sp³-hybridized carbons (Fsp3) is 1.00. The van der Waals surface area contributed by atoms with Crippen LogP contribution in [0.2, 0.25) is 6.32 Å². The summed E-state index contributed by atoms with van der Waals surface area (Å²) in [6.45, 7) is 2.24. The second-order valence-corrected chi connectivity index (χ2v) is 4.40. The van der Waals surface area contributed by atoms with Crippen molar-refractivity contribution < 1.29 is 148 Å². The molecule has 0 aliphatic heterocycles. The van der Waals surface area contributed by atoms with E-state index in [1.54, 1.807) is 0 Å². The SMILES string of the molecule is CCCCCCCCCCCCB([O-])[O-].[Cs+].[Cs+]. The molecule has 90 valence electrons. The van der Waals surface area contributed by atoms with Crippen LogP contribution in [0, 0.1) is 0 Å². The van der Waals surface area contributed by atoms with Crippen LogP contribution in [0.3, 0.4) is 0 Å². The third-order valence-electron chi connectivity index (χ3n) is 2.79. The average molecular weight is 478 g/mol. The molecule has 0 aliphatic carbocycles. The van der Waals surface area contributed by atoms with Gasteiger partial charge in [0.15, 0.2) is 0 Å². The van der Waals surface area contributed by atoms with E-state index < -0.39 is 7.12 Å². The van der Waals surface area contributed by atoms with Gasteiger partial charge in [-0.1, -0.05) is 71.1 Å². The Morgan fingerprint density at radius 1 is 0.647 bits per heavy atom. The monoisotopic (exact) mass is 478 g/mol. The van der Waals surface area contributed by atoms with E-state index in [1.165, 1.54) is 51.4 Å². The second-order valence-electron chi connectivity index (χ2n) is 4.40. The maximum absolute atomic E-state index is 10.2. The first-order chi connectivity index (χ1) is 7.27. The van der Waals surface area contributed by atoms with Gasteiger partial charge in [-0.05, 0) is 0 Å². The standard InChI is InChI=1S/C12H25BO2.2Cs/c1-2-3-4-5-6-7-8-9-10-11-12-13(14)15;;/h2-12H2,1H3;;/q-2;2*+1. The van der Waals surface area contributed by atoms with E-state index >= 15 is 0 Å². The van der Waals surface area contributed by atoms with E-state index in [4.69, 9.17) is 0 Å². The maximum Gasteiger partial charge on any atom is 1.00 e. The summed E-state index contributed by atoms with van der Waals surface area (Å²) in [4.78, 5) is 0. The van der Waals surface area contributed by atoms with Crippen molar-refractivity contribution >= 4 is 7.12 Å². The summed E-state index contributed by atoms with van der Waals surface area (Å²) in [6.07, 6.45) is 12.8. The molecular weight excluding hydrogens is 453 g/mol. The summed E-state index contributed by atoms with van der Waals surface area (Å²) in [5, 5.41) is 20.4. The number of unbranched alkanes of at least 4 members (excludes halogenated alkanes) is 9. The number of hydrogen-bond donors (Lipinski definition) is 0. The van der Waals surface area contributed by atoms with Crippen LogP contribution in [0.25, 0.3) is 0 Å². The Morgan fingerprint density at radius 2 is 1.00 bits per heavy atom. The molecule has 0 rings (SSSR count). The summed E-state index contributed by atoms with van der Waals surface area (Å²) < 4.78 is 0. The number of hydrogen-bond acceptors (Lipinski definition) is 2. The summed E-state index contributed by atoms with van der Waals surface area (Å²) in [7, 11) is -1.60. The van der Waals surface area contributed by atoms with Crippen molar-refractivity contribution in [2.24, 2.45) is 0 Å². The molecule has 0 spiro atoms. The van der Waals surface area contributed by atoms with Crippen molar-refractivity contribution in [1.29, 1.82) is 0 Å². The molecule has 0 aliphatic rings. The molecule has 17 heavy (non-hydrogen) atoms. The molecular formula is C12H25BCs2O2. The molecule has 0 amide bonds. The molecule has 0 aromatic rings. The molecule has 0 saturated heterocycles. The summed E-state index contributed by atoms with van der Waals surface area (Å²) >= 11 is 0. The van der Waals surface area contributed by atoms with Gasteiger partial charge < -0.3 is 10.0 Å². The van der Waals surface area contributed by atoms with E-state index in [9.17, 15) is 10.0 Å². The van der Waals surface area contributed by atoms with Gasteiger partial charge in [-0.25, -0.2) is 0 Å². The van der Waals surface area contributed by atoms with Crippen molar-refractivity contribution in [3.8, 4) is 0 Å². The Labute approximate surface area is 226 Å². The minimum atomic E-state index is -1.60. The average Bonchev–Trinajstić information content (AvgIpc) is 2.20. The van der Waals surface area contributed by atoms with Crippen LogP contribution >= 0.6 is 0 Å². The zero-order valence-electron chi connectivity index (χ0n) is 12.2. The van der Waals surface area contributed by atoms with Gasteiger partial charge in [-0.3, -0.25) is 0 Å². The Bertz CT molecular complexity index is 127. The molecule has 0 bridgehead atoms. The topological polar surface area (TPSA) is 46.1 Å². The van der Waals surface area contributed by atoms with Gasteiger partial charge in [-0.15, -0.1) is 13.4 Å². The second kappa shape index (κ2) is 22.4. The number of rotatable bonds is 11. The van der Waals surface area contributed by atoms with Crippen LogP contribution in [0.1, 0.15) is 71.1 Å². The molecule has 2 nitrogen and oxygen atoms in total. The Morgan fingerprint density at radius 3 is 1.35 bits per heavy atom. The molecule has 0 aromatic heterocycles. The molecule has 0 radical (unpaired) electrons. The summed E-state index contributed by atoms with van der Waals surface area (Å²) in [5.41, 5.74) is 0. The van der Waals surface area contributed by atoms with Gasteiger partial charge in [0.1, 0.15) is 0 Å². The molecule has 0 saturated carbocycles. The predicted molar refractivity (Wildman–Crippen MR) is 62.4 cm³/mol. The third-order valence-corrected chi connectivity index (χ3v) is 2.79. The Kier molecular flexibility index (Phi) is 34.2. The van der Waals surface area contributed by atoms with Crippen LogP contribution in [-0.2, 0) is 0 Å². The van der Waals surface area contributed by atoms with Crippen LogP contribution in [0.15, 0.2) is 0 Å². The van der Waals surface area contributed by atoms with Crippen molar-refractivity contribution in [3.63, 3.8) is 0 Å². The van der Waals surface area contributed by atoms with E-state index in [0.717, 1.165) is 12.8 Å².